The smallest absolute Gasteiger partial charge is 0.0781 e. The number of aromatic nitrogens is 4. The summed E-state index contributed by atoms with van der Waals surface area (Å²) < 4.78 is 4.00. The van der Waals surface area contributed by atoms with Crippen LogP contribution in [0.25, 0.3) is 0 Å². The highest BCUT2D eigenvalue weighted by Crippen LogP contribution is 2.25. The molecule has 2 heterocycles. The van der Waals surface area contributed by atoms with Crippen LogP contribution >= 0.6 is 0 Å². The van der Waals surface area contributed by atoms with E-state index >= 15 is 0 Å². The summed E-state index contributed by atoms with van der Waals surface area (Å²) in [6, 6.07) is 2.27. The highest BCUT2D eigenvalue weighted by atomic mass is 15.3. The van der Waals surface area contributed by atoms with E-state index in [9.17, 15) is 0 Å². The quantitative estimate of drug-likeness (QED) is 0.843. The summed E-state index contributed by atoms with van der Waals surface area (Å²) >= 11 is 0. The van der Waals surface area contributed by atoms with Crippen molar-refractivity contribution in [3.8, 4) is 0 Å². The molecule has 0 fully saturated rings. The molecule has 0 aliphatic carbocycles. The first kappa shape index (κ1) is 14.8. The van der Waals surface area contributed by atoms with Gasteiger partial charge in [-0.2, -0.15) is 10.2 Å². The van der Waals surface area contributed by atoms with Crippen LogP contribution in [0.4, 0.5) is 0 Å². The largest absolute Gasteiger partial charge is 0.305 e. The molecule has 20 heavy (non-hydrogen) atoms. The van der Waals surface area contributed by atoms with Crippen molar-refractivity contribution in [3.05, 3.63) is 35.4 Å². The fourth-order valence-corrected chi connectivity index (χ4v) is 2.63. The Bertz CT molecular complexity index is 540. The number of aryl methyl sites for hydroxylation is 3. The van der Waals surface area contributed by atoms with Gasteiger partial charge in [-0.25, -0.2) is 0 Å². The van der Waals surface area contributed by atoms with E-state index in [1.165, 1.54) is 11.3 Å². The first-order valence-corrected chi connectivity index (χ1v) is 7.48. The fraction of sp³-hybridized carbons (Fsp3) is 0.600. The lowest BCUT2D eigenvalue weighted by Gasteiger charge is -2.19. The van der Waals surface area contributed by atoms with Crippen LogP contribution in [0.3, 0.4) is 0 Å². The summed E-state index contributed by atoms with van der Waals surface area (Å²) in [6.07, 6.45) is 6.04. The maximum absolute atomic E-state index is 4.56. The van der Waals surface area contributed by atoms with Gasteiger partial charge in [0.15, 0.2) is 0 Å². The third-order valence-electron chi connectivity index (χ3n) is 3.47. The maximum atomic E-state index is 4.56. The Morgan fingerprint density at radius 3 is 2.75 bits per heavy atom. The molecule has 0 spiro atoms. The average molecular weight is 275 g/mol. The minimum Gasteiger partial charge on any atom is -0.305 e. The Balaban J connectivity index is 2.41. The van der Waals surface area contributed by atoms with Crippen molar-refractivity contribution in [2.75, 3.05) is 6.54 Å². The van der Waals surface area contributed by atoms with E-state index in [1.807, 2.05) is 17.9 Å². The molecule has 1 atom stereocenters. The van der Waals surface area contributed by atoms with Gasteiger partial charge >= 0.3 is 0 Å². The Morgan fingerprint density at radius 1 is 1.30 bits per heavy atom. The maximum Gasteiger partial charge on any atom is 0.0781 e. The molecule has 0 amide bonds. The number of rotatable bonds is 7. The molecule has 2 rings (SSSR count). The Labute approximate surface area is 121 Å². The van der Waals surface area contributed by atoms with E-state index in [2.05, 4.69) is 53.2 Å². The van der Waals surface area contributed by atoms with Gasteiger partial charge in [0.1, 0.15) is 0 Å². The van der Waals surface area contributed by atoms with Crippen molar-refractivity contribution in [2.45, 2.75) is 46.2 Å². The van der Waals surface area contributed by atoms with E-state index in [0.717, 1.165) is 31.6 Å². The van der Waals surface area contributed by atoms with Gasteiger partial charge in [0.25, 0.3) is 0 Å². The molecule has 110 valence electrons. The summed E-state index contributed by atoms with van der Waals surface area (Å²) in [5, 5.41) is 12.6. The molecular formula is C15H25N5. The van der Waals surface area contributed by atoms with Gasteiger partial charge in [0.05, 0.1) is 17.4 Å². The van der Waals surface area contributed by atoms with E-state index in [4.69, 9.17) is 0 Å². The van der Waals surface area contributed by atoms with Crippen LogP contribution in [0.1, 0.15) is 50.2 Å². The monoisotopic (exact) mass is 275 g/mol. The van der Waals surface area contributed by atoms with Crippen LogP contribution in [-0.4, -0.2) is 26.1 Å². The predicted octanol–water partition coefficient (Wildman–Crippen LogP) is 2.29. The van der Waals surface area contributed by atoms with E-state index in [1.54, 1.807) is 0 Å². The first-order chi connectivity index (χ1) is 9.71. The third kappa shape index (κ3) is 2.93. The molecule has 0 aliphatic rings. The number of nitrogens with one attached hydrogen (secondary N) is 1. The van der Waals surface area contributed by atoms with Crippen molar-refractivity contribution in [1.82, 2.24) is 24.9 Å². The summed E-state index contributed by atoms with van der Waals surface area (Å²) in [5.41, 5.74) is 3.63. The van der Waals surface area contributed by atoms with E-state index in [-0.39, 0.29) is 6.04 Å². The van der Waals surface area contributed by atoms with Crippen molar-refractivity contribution in [1.29, 1.82) is 0 Å². The van der Waals surface area contributed by atoms with E-state index < -0.39 is 0 Å². The molecule has 2 aromatic heterocycles. The molecular weight excluding hydrogens is 250 g/mol. The van der Waals surface area contributed by atoms with Crippen LogP contribution in [0, 0.1) is 0 Å². The van der Waals surface area contributed by atoms with Crippen LogP contribution < -0.4 is 5.32 Å². The molecule has 1 unspecified atom stereocenters. The van der Waals surface area contributed by atoms with Gasteiger partial charge in [0.2, 0.25) is 0 Å². The standard InChI is InChI=1S/C15H25N5/c1-5-10-20-14(8-9-17-20)15(16-7-3)12-11-19(4)18-13(12)6-2/h8-9,11,15-16H,5-7,10H2,1-4H3. The number of nitrogens with zero attached hydrogens (tertiary/aromatic N) is 4. The van der Waals surface area contributed by atoms with Crippen molar-refractivity contribution >= 4 is 0 Å². The number of hydrogen-bond donors (Lipinski definition) is 1. The molecule has 0 radical (unpaired) electrons. The average Bonchev–Trinajstić information content (AvgIpc) is 3.03. The molecule has 0 saturated heterocycles. The van der Waals surface area contributed by atoms with Crippen LogP contribution in [-0.2, 0) is 20.0 Å². The van der Waals surface area contributed by atoms with Gasteiger partial charge in [-0.3, -0.25) is 9.36 Å². The fourth-order valence-electron chi connectivity index (χ4n) is 2.63. The summed E-state index contributed by atoms with van der Waals surface area (Å²) in [7, 11) is 1.98. The van der Waals surface area contributed by atoms with Crippen molar-refractivity contribution < 1.29 is 0 Å². The second kappa shape index (κ2) is 6.70. The second-order valence-corrected chi connectivity index (χ2v) is 5.03. The van der Waals surface area contributed by atoms with Gasteiger partial charge in [-0.05, 0) is 25.5 Å². The Morgan fingerprint density at radius 2 is 2.10 bits per heavy atom. The molecule has 2 aromatic rings. The Kier molecular flexibility index (Phi) is 4.95. The van der Waals surface area contributed by atoms with Gasteiger partial charge in [-0.15, -0.1) is 0 Å². The van der Waals surface area contributed by atoms with Gasteiger partial charge in [0, 0.05) is 31.5 Å². The predicted molar refractivity (Wildman–Crippen MR) is 80.6 cm³/mol. The Hall–Kier alpha value is -1.62. The lowest BCUT2D eigenvalue weighted by Crippen LogP contribution is -2.25. The number of hydrogen-bond acceptors (Lipinski definition) is 3. The summed E-state index contributed by atoms with van der Waals surface area (Å²) in [4.78, 5) is 0. The van der Waals surface area contributed by atoms with Gasteiger partial charge < -0.3 is 5.32 Å². The van der Waals surface area contributed by atoms with Crippen LogP contribution in [0.2, 0.25) is 0 Å². The van der Waals surface area contributed by atoms with Crippen LogP contribution in [0.15, 0.2) is 18.5 Å². The highest BCUT2D eigenvalue weighted by Gasteiger charge is 2.21. The lowest BCUT2D eigenvalue weighted by molar-refractivity contribution is 0.518. The molecule has 0 aliphatic heterocycles. The zero-order chi connectivity index (χ0) is 14.5. The minimum absolute atomic E-state index is 0.165. The molecule has 5 nitrogen and oxygen atoms in total. The molecule has 5 heteroatoms. The summed E-state index contributed by atoms with van der Waals surface area (Å²) in [5.74, 6) is 0. The highest BCUT2D eigenvalue weighted by molar-refractivity contribution is 5.29. The van der Waals surface area contributed by atoms with E-state index in [0.29, 0.717) is 0 Å². The lowest BCUT2D eigenvalue weighted by atomic mass is 10.0. The first-order valence-electron chi connectivity index (χ1n) is 7.48. The molecule has 0 saturated carbocycles. The molecule has 0 bridgehead atoms. The molecule has 0 aromatic carbocycles. The summed E-state index contributed by atoms with van der Waals surface area (Å²) in [6.45, 7) is 8.33. The third-order valence-corrected chi connectivity index (χ3v) is 3.47. The second-order valence-electron chi connectivity index (χ2n) is 5.03. The normalized spacial score (nSPS) is 12.8. The minimum atomic E-state index is 0.165. The SMILES string of the molecule is CCCn1nccc1C(NCC)c1cn(C)nc1CC. The van der Waals surface area contributed by atoms with Crippen LogP contribution in [0.5, 0.6) is 0 Å². The van der Waals surface area contributed by atoms with Gasteiger partial charge in [-0.1, -0.05) is 20.8 Å². The van der Waals surface area contributed by atoms with Crippen molar-refractivity contribution in [3.63, 3.8) is 0 Å². The zero-order valence-corrected chi connectivity index (χ0v) is 12.9. The zero-order valence-electron chi connectivity index (χ0n) is 12.9. The molecule has 1 N–H and O–H groups in total. The topological polar surface area (TPSA) is 47.7 Å². The van der Waals surface area contributed by atoms with Crippen molar-refractivity contribution in [2.24, 2.45) is 7.05 Å².